The Morgan fingerprint density at radius 3 is 2.95 bits per heavy atom. The van der Waals surface area contributed by atoms with Gasteiger partial charge in [0, 0.05) is 24.4 Å². The monoisotopic (exact) mass is 274 g/mol. The van der Waals surface area contributed by atoms with Crippen molar-refractivity contribution in [3.8, 4) is 17.6 Å². The van der Waals surface area contributed by atoms with E-state index < -0.39 is 5.82 Å². The predicted octanol–water partition coefficient (Wildman–Crippen LogP) is 1.96. The van der Waals surface area contributed by atoms with Gasteiger partial charge in [-0.1, -0.05) is 11.8 Å². The summed E-state index contributed by atoms with van der Waals surface area (Å²) in [5.41, 5.74) is 1.17. The third-order valence-electron chi connectivity index (χ3n) is 2.66. The zero-order valence-corrected chi connectivity index (χ0v) is 11.1. The van der Waals surface area contributed by atoms with Crippen molar-refractivity contribution in [1.29, 1.82) is 0 Å². The van der Waals surface area contributed by atoms with Crippen LogP contribution in [0, 0.1) is 17.7 Å². The molecule has 0 saturated carbocycles. The van der Waals surface area contributed by atoms with Crippen molar-refractivity contribution < 1.29 is 14.2 Å². The quantitative estimate of drug-likeness (QED) is 0.867. The molecule has 0 saturated heterocycles. The predicted molar refractivity (Wildman–Crippen MR) is 72.6 cm³/mol. The number of aliphatic hydroxyl groups excluding tert-OH is 1. The van der Waals surface area contributed by atoms with E-state index in [0.29, 0.717) is 12.4 Å². The molecule has 1 aromatic heterocycles. The van der Waals surface area contributed by atoms with E-state index in [1.54, 1.807) is 16.9 Å². The van der Waals surface area contributed by atoms with E-state index in [2.05, 4.69) is 16.9 Å². The Bertz CT molecular complexity index is 641. The van der Waals surface area contributed by atoms with E-state index in [1.807, 2.05) is 13.1 Å². The Balaban J connectivity index is 2.01. The zero-order valence-electron chi connectivity index (χ0n) is 11.1. The molecule has 0 atom stereocenters. The first-order chi connectivity index (χ1) is 9.72. The van der Waals surface area contributed by atoms with Gasteiger partial charge < -0.3 is 9.84 Å². The van der Waals surface area contributed by atoms with Crippen molar-refractivity contribution in [2.75, 3.05) is 6.61 Å². The Morgan fingerprint density at radius 1 is 1.45 bits per heavy atom. The molecule has 2 aromatic rings. The lowest BCUT2D eigenvalue weighted by Crippen LogP contribution is -1.96. The van der Waals surface area contributed by atoms with E-state index in [-0.39, 0.29) is 12.2 Å². The molecule has 0 unspecified atom stereocenters. The molecule has 0 fully saturated rings. The molecule has 0 aliphatic carbocycles. The number of halogens is 1. The van der Waals surface area contributed by atoms with Crippen molar-refractivity contribution >= 4 is 0 Å². The molecule has 2 rings (SSSR count). The summed E-state index contributed by atoms with van der Waals surface area (Å²) in [4.78, 5) is 0. The van der Waals surface area contributed by atoms with Gasteiger partial charge in [0.2, 0.25) is 0 Å². The number of hydrogen-bond acceptors (Lipinski definition) is 3. The van der Waals surface area contributed by atoms with E-state index >= 15 is 0 Å². The van der Waals surface area contributed by atoms with Gasteiger partial charge in [0.1, 0.15) is 24.8 Å². The van der Waals surface area contributed by atoms with Gasteiger partial charge in [-0.05, 0) is 19.1 Å². The first-order valence-electron chi connectivity index (χ1n) is 6.26. The highest BCUT2D eigenvalue weighted by Gasteiger charge is 2.03. The highest BCUT2D eigenvalue weighted by atomic mass is 19.1. The van der Waals surface area contributed by atoms with E-state index in [1.165, 1.54) is 12.1 Å². The van der Waals surface area contributed by atoms with Gasteiger partial charge >= 0.3 is 0 Å². The van der Waals surface area contributed by atoms with Gasteiger partial charge in [-0.25, -0.2) is 4.39 Å². The maximum absolute atomic E-state index is 13.7. The summed E-state index contributed by atoms with van der Waals surface area (Å²) in [5.74, 6) is 4.90. The summed E-state index contributed by atoms with van der Waals surface area (Å²) >= 11 is 0. The minimum absolute atomic E-state index is 0.241. The van der Waals surface area contributed by atoms with Crippen LogP contribution in [0.5, 0.6) is 5.75 Å². The first-order valence-corrected chi connectivity index (χ1v) is 6.26. The largest absolute Gasteiger partial charge is 0.489 e. The van der Waals surface area contributed by atoms with Crippen molar-refractivity contribution in [2.45, 2.75) is 20.1 Å². The van der Waals surface area contributed by atoms with Gasteiger partial charge in [-0.2, -0.15) is 5.10 Å². The molecule has 1 aromatic carbocycles. The van der Waals surface area contributed by atoms with Crippen LogP contribution >= 0.6 is 0 Å². The van der Waals surface area contributed by atoms with Gasteiger partial charge in [-0.15, -0.1) is 0 Å². The fourth-order valence-electron chi connectivity index (χ4n) is 1.64. The van der Waals surface area contributed by atoms with Crippen LogP contribution in [0.1, 0.15) is 18.1 Å². The average molecular weight is 274 g/mol. The number of ether oxygens (including phenoxy) is 1. The molecule has 0 aliphatic rings. The minimum atomic E-state index is -0.465. The number of aliphatic hydroxyl groups is 1. The van der Waals surface area contributed by atoms with Crippen LogP contribution in [-0.2, 0) is 13.2 Å². The second-order valence-corrected chi connectivity index (χ2v) is 4.09. The Morgan fingerprint density at radius 2 is 2.30 bits per heavy atom. The number of nitrogens with zero attached hydrogens (tertiary/aromatic N) is 2. The maximum Gasteiger partial charge on any atom is 0.142 e. The summed E-state index contributed by atoms with van der Waals surface area (Å²) < 4.78 is 21.0. The van der Waals surface area contributed by atoms with Crippen LogP contribution in [0.3, 0.4) is 0 Å². The van der Waals surface area contributed by atoms with Crippen LogP contribution < -0.4 is 4.74 Å². The smallest absolute Gasteiger partial charge is 0.142 e. The molecule has 0 bridgehead atoms. The van der Waals surface area contributed by atoms with E-state index in [0.717, 1.165) is 12.1 Å². The zero-order chi connectivity index (χ0) is 14.4. The van der Waals surface area contributed by atoms with Crippen LogP contribution in [0.4, 0.5) is 4.39 Å². The van der Waals surface area contributed by atoms with Crippen molar-refractivity contribution in [3.05, 3.63) is 47.5 Å². The maximum atomic E-state index is 13.7. The van der Waals surface area contributed by atoms with E-state index in [9.17, 15) is 4.39 Å². The molecular formula is C15H15FN2O2. The molecule has 0 aliphatic heterocycles. The molecule has 5 heteroatoms. The lowest BCUT2D eigenvalue weighted by molar-refractivity contribution is 0.304. The highest BCUT2D eigenvalue weighted by molar-refractivity contribution is 5.39. The molecule has 104 valence electrons. The van der Waals surface area contributed by atoms with Gasteiger partial charge in [0.05, 0.1) is 11.8 Å². The topological polar surface area (TPSA) is 47.3 Å². The number of aromatic nitrogens is 2. The standard InChI is InChI=1S/C15H15FN2O2/c1-2-18-10-12(9-17-18)11-20-14-6-5-13(4-3-7-19)15(16)8-14/h5-6,8-10,19H,2,7,11H2,1H3. The van der Waals surface area contributed by atoms with E-state index in [4.69, 9.17) is 9.84 Å². The Kier molecular flexibility index (Phi) is 4.75. The highest BCUT2D eigenvalue weighted by Crippen LogP contribution is 2.17. The van der Waals surface area contributed by atoms with Crippen LogP contribution in [-0.4, -0.2) is 21.5 Å². The number of rotatable bonds is 4. The fourth-order valence-corrected chi connectivity index (χ4v) is 1.64. The minimum Gasteiger partial charge on any atom is -0.489 e. The number of benzene rings is 1. The van der Waals surface area contributed by atoms with Gasteiger partial charge in [0.15, 0.2) is 0 Å². The van der Waals surface area contributed by atoms with Crippen molar-refractivity contribution in [2.24, 2.45) is 0 Å². The molecule has 1 N–H and O–H groups in total. The average Bonchev–Trinajstić information content (AvgIpc) is 2.92. The van der Waals surface area contributed by atoms with Crippen molar-refractivity contribution in [1.82, 2.24) is 9.78 Å². The second kappa shape index (κ2) is 6.73. The van der Waals surface area contributed by atoms with Crippen molar-refractivity contribution in [3.63, 3.8) is 0 Å². The molecule has 20 heavy (non-hydrogen) atoms. The number of aryl methyl sites for hydroxylation is 1. The third-order valence-corrected chi connectivity index (χ3v) is 2.66. The molecule has 1 heterocycles. The molecule has 0 spiro atoms. The Hall–Kier alpha value is -2.32. The second-order valence-electron chi connectivity index (χ2n) is 4.09. The van der Waals surface area contributed by atoms with Crippen LogP contribution in [0.15, 0.2) is 30.6 Å². The Labute approximate surface area is 116 Å². The summed E-state index contributed by atoms with van der Waals surface area (Å²) in [6.45, 7) is 2.84. The summed E-state index contributed by atoms with van der Waals surface area (Å²) in [5, 5.41) is 12.7. The molecular weight excluding hydrogens is 259 g/mol. The normalized spacial score (nSPS) is 9.95. The molecule has 0 amide bonds. The fraction of sp³-hybridized carbons (Fsp3) is 0.267. The lowest BCUT2D eigenvalue weighted by atomic mass is 10.2. The van der Waals surface area contributed by atoms with Crippen LogP contribution in [0.25, 0.3) is 0 Å². The third kappa shape index (κ3) is 3.59. The summed E-state index contributed by atoms with van der Waals surface area (Å²) in [6.07, 6.45) is 3.61. The number of hydrogen-bond donors (Lipinski definition) is 1. The van der Waals surface area contributed by atoms with Crippen LogP contribution in [0.2, 0.25) is 0 Å². The van der Waals surface area contributed by atoms with Gasteiger partial charge in [0.25, 0.3) is 0 Å². The van der Waals surface area contributed by atoms with Gasteiger partial charge in [-0.3, -0.25) is 4.68 Å². The first kappa shape index (κ1) is 14.1. The molecule has 4 nitrogen and oxygen atoms in total. The summed E-state index contributed by atoms with van der Waals surface area (Å²) in [6, 6.07) is 4.46. The lowest BCUT2D eigenvalue weighted by Gasteiger charge is -2.05. The SMILES string of the molecule is CCn1cc(COc2ccc(C#CCO)c(F)c2)cn1. The molecule has 0 radical (unpaired) electrons. The summed E-state index contributed by atoms with van der Waals surface area (Å²) in [7, 11) is 0.